The molecule has 88 valence electrons. The Morgan fingerprint density at radius 2 is 1.93 bits per heavy atom. The SMILES string of the molecule is CN(C)C1CCCN([C@@H]2CCC[C@H]2O)C1. The van der Waals surface area contributed by atoms with Crippen LogP contribution in [-0.4, -0.2) is 60.3 Å². The number of piperidine rings is 1. The van der Waals surface area contributed by atoms with E-state index in [-0.39, 0.29) is 6.10 Å². The number of likely N-dealkylation sites (tertiary alicyclic amines) is 1. The molecule has 2 fully saturated rings. The fraction of sp³-hybridized carbons (Fsp3) is 1.00. The summed E-state index contributed by atoms with van der Waals surface area (Å²) in [5.41, 5.74) is 0. The van der Waals surface area contributed by atoms with Crippen LogP contribution < -0.4 is 0 Å². The minimum atomic E-state index is -0.0640. The quantitative estimate of drug-likeness (QED) is 0.737. The molecule has 2 rings (SSSR count). The summed E-state index contributed by atoms with van der Waals surface area (Å²) in [4.78, 5) is 4.85. The summed E-state index contributed by atoms with van der Waals surface area (Å²) >= 11 is 0. The number of rotatable bonds is 2. The van der Waals surface area contributed by atoms with Crippen LogP contribution in [0.25, 0.3) is 0 Å². The zero-order valence-electron chi connectivity index (χ0n) is 10.0. The maximum Gasteiger partial charge on any atom is 0.0695 e. The Balaban J connectivity index is 1.92. The molecular weight excluding hydrogens is 188 g/mol. The second-order valence-corrected chi connectivity index (χ2v) is 5.32. The number of nitrogens with zero attached hydrogens (tertiary/aromatic N) is 2. The van der Waals surface area contributed by atoms with Gasteiger partial charge in [-0.1, -0.05) is 0 Å². The first-order valence-electron chi connectivity index (χ1n) is 6.27. The van der Waals surface area contributed by atoms with Crippen molar-refractivity contribution in [2.24, 2.45) is 0 Å². The summed E-state index contributed by atoms with van der Waals surface area (Å²) in [5, 5.41) is 9.91. The number of hydrogen-bond acceptors (Lipinski definition) is 3. The van der Waals surface area contributed by atoms with Crippen molar-refractivity contribution in [3.63, 3.8) is 0 Å². The summed E-state index contributed by atoms with van der Waals surface area (Å²) in [7, 11) is 4.33. The molecule has 0 aromatic rings. The summed E-state index contributed by atoms with van der Waals surface area (Å²) in [6.07, 6.45) is 5.94. The number of hydrogen-bond donors (Lipinski definition) is 1. The van der Waals surface area contributed by atoms with Gasteiger partial charge in [0, 0.05) is 18.6 Å². The van der Waals surface area contributed by atoms with Gasteiger partial charge < -0.3 is 10.0 Å². The third-order valence-corrected chi connectivity index (χ3v) is 4.07. The van der Waals surface area contributed by atoms with Crippen molar-refractivity contribution in [1.29, 1.82) is 0 Å². The van der Waals surface area contributed by atoms with Crippen molar-refractivity contribution >= 4 is 0 Å². The predicted octanol–water partition coefficient (Wildman–Crippen LogP) is 0.926. The smallest absolute Gasteiger partial charge is 0.0695 e. The summed E-state index contributed by atoms with van der Waals surface area (Å²) < 4.78 is 0. The molecule has 1 aliphatic heterocycles. The van der Waals surface area contributed by atoms with E-state index in [0.29, 0.717) is 12.1 Å². The summed E-state index contributed by atoms with van der Waals surface area (Å²) in [6, 6.07) is 1.14. The van der Waals surface area contributed by atoms with Crippen LogP contribution in [0.5, 0.6) is 0 Å². The molecule has 1 heterocycles. The fourth-order valence-corrected chi connectivity index (χ4v) is 3.05. The van der Waals surface area contributed by atoms with Crippen molar-refractivity contribution < 1.29 is 5.11 Å². The molecule has 0 aromatic carbocycles. The van der Waals surface area contributed by atoms with Crippen LogP contribution in [0.4, 0.5) is 0 Å². The highest BCUT2D eigenvalue weighted by Gasteiger charge is 2.33. The lowest BCUT2D eigenvalue weighted by molar-refractivity contribution is 0.0347. The Hall–Kier alpha value is -0.120. The van der Waals surface area contributed by atoms with Gasteiger partial charge in [0.2, 0.25) is 0 Å². The molecule has 1 aliphatic carbocycles. The molecule has 0 spiro atoms. The molecule has 0 bridgehead atoms. The molecule has 1 saturated heterocycles. The van der Waals surface area contributed by atoms with E-state index in [9.17, 15) is 5.11 Å². The minimum absolute atomic E-state index is 0.0640. The van der Waals surface area contributed by atoms with Gasteiger partial charge >= 0.3 is 0 Å². The van der Waals surface area contributed by atoms with E-state index in [1.807, 2.05) is 0 Å². The first-order chi connectivity index (χ1) is 7.18. The molecule has 1 N–H and O–H groups in total. The molecule has 15 heavy (non-hydrogen) atoms. The van der Waals surface area contributed by atoms with E-state index >= 15 is 0 Å². The van der Waals surface area contributed by atoms with E-state index in [4.69, 9.17) is 0 Å². The summed E-state index contributed by atoms with van der Waals surface area (Å²) in [6.45, 7) is 2.33. The van der Waals surface area contributed by atoms with Crippen molar-refractivity contribution in [3.8, 4) is 0 Å². The molecule has 1 unspecified atom stereocenters. The molecule has 3 nitrogen and oxygen atoms in total. The zero-order valence-corrected chi connectivity index (χ0v) is 10.0. The van der Waals surface area contributed by atoms with Gasteiger partial charge in [0.25, 0.3) is 0 Å². The molecule has 3 heteroatoms. The van der Waals surface area contributed by atoms with Crippen LogP contribution in [0.15, 0.2) is 0 Å². The number of likely N-dealkylation sites (N-methyl/N-ethyl adjacent to an activating group) is 1. The highest BCUT2D eigenvalue weighted by Crippen LogP contribution is 2.27. The lowest BCUT2D eigenvalue weighted by Crippen LogP contribution is -2.51. The van der Waals surface area contributed by atoms with Crippen molar-refractivity contribution in [2.45, 2.75) is 50.3 Å². The third kappa shape index (κ3) is 2.52. The second-order valence-electron chi connectivity index (χ2n) is 5.32. The van der Waals surface area contributed by atoms with E-state index in [1.54, 1.807) is 0 Å². The summed E-state index contributed by atoms with van der Waals surface area (Å²) in [5.74, 6) is 0. The predicted molar refractivity (Wildman–Crippen MR) is 61.9 cm³/mol. The molecular formula is C12H24N2O. The van der Waals surface area contributed by atoms with Crippen LogP contribution in [0.1, 0.15) is 32.1 Å². The van der Waals surface area contributed by atoms with Gasteiger partial charge in [-0.3, -0.25) is 4.90 Å². The highest BCUT2D eigenvalue weighted by atomic mass is 16.3. The maximum atomic E-state index is 9.91. The molecule has 0 amide bonds. The van der Waals surface area contributed by atoms with Gasteiger partial charge in [-0.25, -0.2) is 0 Å². The highest BCUT2D eigenvalue weighted by molar-refractivity contribution is 4.89. The van der Waals surface area contributed by atoms with Gasteiger partial charge in [-0.05, 0) is 52.7 Å². The average molecular weight is 212 g/mol. The van der Waals surface area contributed by atoms with E-state index < -0.39 is 0 Å². The minimum Gasteiger partial charge on any atom is -0.391 e. The Morgan fingerprint density at radius 3 is 2.53 bits per heavy atom. The molecule has 0 aromatic heterocycles. The van der Waals surface area contributed by atoms with Gasteiger partial charge in [0.15, 0.2) is 0 Å². The fourth-order valence-electron chi connectivity index (χ4n) is 3.05. The van der Waals surface area contributed by atoms with Gasteiger partial charge in [-0.15, -0.1) is 0 Å². The molecule has 1 saturated carbocycles. The van der Waals surface area contributed by atoms with Crippen LogP contribution in [0.2, 0.25) is 0 Å². The average Bonchev–Trinajstić information content (AvgIpc) is 2.64. The van der Waals surface area contributed by atoms with Gasteiger partial charge in [-0.2, -0.15) is 0 Å². The zero-order chi connectivity index (χ0) is 10.8. The largest absolute Gasteiger partial charge is 0.391 e. The Labute approximate surface area is 93.1 Å². The van der Waals surface area contributed by atoms with Crippen molar-refractivity contribution in [2.75, 3.05) is 27.2 Å². The van der Waals surface area contributed by atoms with Gasteiger partial charge in [0.05, 0.1) is 6.10 Å². The molecule has 3 atom stereocenters. The normalized spacial score (nSPS) is 38.8. The van der Waals surface area contributed by atoms with Crippen molar-refractivity contribution in [1.82, 2.24) is 9.80 Å². The van der Waals surface area contributed by atoms with E-state index in [1.165, 1.54) is 32.2 Å². The first-order valence-corrected chi connectivity index (χ1v) is 6.27. The van der Waals surface area contributed by atoms with Crippen LogP contribution >= 0.6 is 0 Å². The lowest BCUT2D eigenvalue weighted by Gasteiger charge is -2.40. The number of aliphatic hydroxyl groups excluding tert-OH is 1. The Kier molecular flexibility index (Phi) is 3.65. The van der Waals surface area contributed by atoms with Crippen LogP contribution in [-0.2, 0) is 0 Å². The Bertz CT molecular complexity index is 208. The molecule has 2 aliphatic rings. The van der Waals surface area contributed by atoms with Crippen LogP contribution in [0.3, 0.4) is 0 Å². The first kappa shape index (κ1) is 11.4. The monoisotopic (exact) mass is 212 g/mol. The van der Waals surface area contributed by atoms with E-state index in [2.05, 4.69) is 23.9 Å². The third-order valence-electron chi connectivity index (χ3n) is 4.07. The maximum absolute atomic E-state index is 9.91. The van der Waals surface area contributed by atoms with Gasteiger partial charge in [0.1, 0.15) is 0 Å². The second kappa shape index (κ2) is 4.81. The molecule has 0 radical (unpaired) electrons. The van der Waals surface area contributed by atoms with E-state index in [0.717, 1.165) is 13.0 Å². The number of aliphatic hydroxyl groups is 1. The van der Waals surface area contributed by atoms with Crippen LogP contribution in [0, 0.1) is 0 Å². The van der Waals surface area contributed by atoms with Crippen molar-refractivity contribution in [3.05, 3.63) is 0 Å². The topological polar surface area (TPSA) is 26.7 Å². The Morgan fingerprint density at radius 1 is 1.13 bits per heavy atom. The standard InChI is InChI=1S/C12H24N2O/c1-13(2)10-5-4-8-14(9-10)11-6-3-7-12(11)15/h10-12,15H,3-9H2,1-2H3/t10?,11-,12-/m1/s1. The lowest BCUT2D eigenvalue weighted by atomic mass is 10.0.